The van der Waals surface area contributed by atoms with Crippen LogP contribution in [0.3, 0.4) is 0 Å². The lowest BCUT2D eigenvalue weighted by Gasteiger charge is -2.15. The molecule has 0 aliphatic heterocycles. The average Bonchev–Trinajstić information content (AvgIpc) is 3.05. The fourth-order valence-electron chi connectivity index (χ4n) is 1.90. The van der Waals surface area contributed by atoms with Gasteiger partial charge in [0.15, 0.2) is 11.9 Å². The molecule has 1 aromatic heterocycles. The van der Waals surface area contributed by atoms with Crippen molar-refractivity contribution in [2.24, 2.45) is 0 Å². The number of carbonyl (C=O) groups is 3. The molecular formula is C17H16FNO4S. The number of nitrogens with one attached hydrogen (secondary N) is 1. The molecule has 2 aromatic rings. The van der Waals surface area contributed by atoms with Gasteiger partial charge in [-0.2, -0.15) is 0 Å². The molecule has 2 rings (SSSR count). The molecule has 1 heterocycles. The van der Waals surface area contributed by atoms with Crippen LogP contribution in [0.2, 0.25) is 0 Å². The molecule has 1 aromatic carbocycles. The third-order valence-electron chi connectivity index (χ3n) is 3.18. The molecule has 1 N–H and O–H groups in total. The Morgan fingerprint density at radius 1 is 1.12 bits per heavy atom. The third kappa shape index (κ3) is 4.48. The third-order valence-corrected chi connectivity index (χ3v) is 4.34. The topological polar surface area (TPSA) is 72.5 Å². The highest BCUT2D eigenvalue weighted by Gasteiger charge is 2.23. The number of hydrogen-bond donors (Lipinski definition) is 1. The molecule has 0 radical (unpaired) electrons. The van der Waals surface area contributed by atoms with Crippen molar-refractivity contribution in [3.05, 3.63) is 52.0 Å². The van der Waals surface area contributed by atoms with Crippen LogP contribution in [0, 0.1) is 5.82 Å². The molecule has 0 bridgehead atoms. The number of halogens is 1. The van der Waals surface area contributed by atoms with Gasteiger partial charge in [-0.15, -0.1) is 11.3 Å². The van der Waals surface area contributed by atoms with Crippen LogP contribution in [-0.4, -0.2) is 23.8 Å². The first kappa shape index (κ1) is 17.8. The van der Waals surface area contributed by atoms with Crippen LogP contribution in [0.25, 0.3) is 0 Å². The van der Waals surface area contributed by atoms with Gasteiger partial charge in [0, 0.05) is 5.69 Å². The van der Waals surface area contributed by atoms with Crippen molar-refractivity contribution in [1.82, 2.24) is 0 Å². The summed E-state index contributed by atoms with van der Waals surface area (Å²) < 4.78 is 18.1. The quantitative estimate of drug-likeness (QED) is 0.638. The van der Waals surface area contributed by atoms with Crippen LogP contribution >= 0.6 is 11.3 Å². The maximum absolute atomic E-state index is 12.9. The maximum Gasteiger partial charge on any atom is 0.349 e. The first-order valence-electron chi connectivity index (χ1n) is 7.29. The highest BCUT2D eigenvalue weighted by Crippen LogP contribution is 2.19. The van der Waals surface area contributed by atoms with E-state index in [1.54, 1.807) is 13.0 Å². The van der Waals surface area contributed by atoms with Gasteiger partial charge in [-0.3, -0.25) is 9.59 Å². The van der Waals surface area contributed by atoms with E-state index in [2.05, 4.69) is 5.32 Å². The molecule has 7 heteroatoms. The standard InChI is InChI=1S/C17H16FNO4S/c1-3-13(16(21)19-12-6-4-11(18)5-7-12)23-17(22)15-9-8-14(24-15)10(2)20/h4-9,13H,3H2,1-2H3,(H,19,21). The van der Waals surface area contributed by atoms with Crippen LogP contribution in [0.5, 0.6) is 0 Å². The summed E-state index contributed by atoms with van der Waals surface area (Å²) in [4.78, 5) is 36.2. The van der Waals surface area contributed by atoms with E-state index >= 15 is 0 Å². The molecule has 5 nitrogen and oxygen atoms in total. The predicted octanol–water partition coefficient (Wildman–Crippen LogP) is 3.66. The van der Waals surface area contributed by atoms with Gasteiger partial charge in [-0.05, 0) is 49.7 Å². The molecular weight excluding hydrogens is 333 g/mol. The smallest absolute Gasteiger partial charge is 0.349 e. The highest BCUT2D eigenvalue weighted by atomic mass is 32.1. The second kappa shape index (κ2) is 7.83. The van der Waals surface area contributed by atoms with Crippen LogP contribution in [0.15, 0.2) is 36.4 Å². The zero-order chi connectivity index (χ0) is 17.7. The van der Waals surface area contributed by atoms with Crippen molar-refractivity contribution >= 4 is 34.7 Å². The normalized spacial score (nSPS) is 11.6. The van der Waals surface area contributed by atoms with Gasteiger partial charge in [0.25, 0.3) is 5.91 Å². The van der Waals surface area contributed by atoms with E-state index in [-0.39, 0.29) is 17.1 Å². The summed E-state index contributed by atoms with van der Waals surface area (Å²) in [6.07, 6.45) is -0.700. The number of amides is 1. The minimum absolute atomic E-state index is 0.139. The Bertz CT molecular complexity index is 754. The van der Waals surface area contributed by atoms with Gasteiger partial charge in [0.2, 0.25) is 0 Å². The monoisotopic (exact) mass is 349 g/mol. The summed E-state index contributed by atoms with van der Waals surface area (Å²) in [5.74, 6) is -1.71. The summed E-state index contributed by atoms with van der Waals surface area (Å²) in [5.41, 5.74) is 0.408. The van der Waals surface area contributed by atoms with Crippen LogP contribution < -0.4 is 5.32 Å². The Morgan fingerprint density at radius 2 is 1.75 bits per heavy atom. The number of carbonyl (C=O) groups excluding carboxylic acids is 3. The number of ether oxygens (including phenoxy) is 1. The minimum Gasteiger partial charge on any atom is -0.448 e. The Balaban J connectivity index is 2.01. The number of hydrogen-bond acceptors (Lipinski definition) is 5. The fourth-order valence-corrected chi connectivity index (χ4v) is 2.69. The summed E-state index contributed by atoms with van der Waals surface area (Å²) in [6, 6.07) is 8.31. The largest absolute Gasteiger partial charge is 0.448 e. The van der Waals surface area contributed by atoms with Crippen molar-refractivity contribution in [2.45, 2.75) is 26.4 Å². The number of esters is 1. The van der Waals surface area contributed by atoms with Gasteiger partial charge < -0.3 is 10.1 Å². The number of anilines is 1. The number of ketones is 1. The van der Waals surface area contributed by atoms with Crippen molar-refractivity contribution in [3.63, 3.8) is 0 Å². The Morgan fingerprint density at radius 3 is 2.29 bits per heavy atom. The first-order chi connectivity index (χ1) is 11.4. The number of thiophene rings is 1. The first-order valence-corrected chi connectivity index (χ1v) is 8.10. The molecule has 0 aliphatic carbocycles. The lowest BCUT2D eigenvalue weighted by molar-refractivity contribution is -0.124. The van der Waals surface area contributed by atoms with Crippen molar-refractivity contribution < 1.29 is 23.5 Å². The van der Waals surface area contributed by atoms with Gasteiger partial charge in [-0.1, -0.05) is 6.92 Å². The molecule has 24 heavy (non-hydrogen) atoms. The summed E-state index contributed by atoms with van der Waals surface area (Å²) in [5, 5.41) is 2.57. The van der Waals surface area contributed by atoms with E-state index in [4.69, 9.17) is 4.74 Å². The van der Waals surface area contributed by atoms with Crippen LogP contribution in [-0.2, 0) is 9.53 Å². The highest BCUT2D eigenvalue weighted by molar-refractivity contribution is 7.15. The maximum atomic E-state index is 12.9. The van der Waals surface area contributed by atoms with Crippen LogP contribution in [0.4, 0.5) is 10.1 Å². The lowest BCUT2D eigenvalue weighted by Crippen LogP contribution is -2.31. The summed E-state index contributed by atoms with van der Waals surface area (Å²) >= 11 is 1.02. The molecule has 0 saturated heterocycles. The van der Waals surface area contributed by atoms with Crippen molar-refractivity contribution in [2.75, 3.05) is 5.32 Å². The zero-order valence-corrected chi connectivity index (χ0v) is 14.0. The number of benzene rings is 1. The van der Waals surface area contributed by atoms with Gasteiger partial charge in [0.1, 0.15) is 10.7 Å². The molecule has 1 unspecified atom stereocenters. The average molecular weight is 349 g/mol. The van der Waals surface area contributed by atoms with E-state index < -0.39 is 23.8 Å². The number of rotatable bonds is 6. The van der Waals surface area contributed by atoms with Gasteiger partial charge in [0.05, 0.1) is 4.88 Å². The molecule has 0 saturated carbocycles. The lowest BCUT2D eigenvalue weighted by atomic mass is 10.2. The Kier molecular flexibility index (Phi) is 5.81. The molecule has 0 spiro atoms. The fraction of sp³-hybridized carbons (Fsp3) is 0.235. The molecule has 0 aliphatic rings. The summed E-state index contributed by atoms with van der Waals surface area (Å²) in [6.45, 7) is 3.11. The second-order valence-electron chi connectivity index (χ2n) is 5.02. The molecule has 1 amide bonds. The zero-order valence-electron chi connectivity index (χ0n) is 13.2. The molecule has 126 valence electrons. The molecule has 1 atom stereocenters. The Hall–Kier alpha value is -2.54. The molecule has 0 fully saturated rings. The summed E-state index contributed by atoms with van der Waals surface area (Å²) in [7, 11) is 0. The van der Waals surface area contributed by atoms with E-state index in [1.807, 2.05) is 0 Å². The number of Topliss-reactive ketones (excluding diaryl/α,β-unsaturated/α-hetero) is 1. The van der Waals surface area contributed by atoms with Crippen LogP contribution in [0.1, 0.15) is 39.6 Å². The van der Waals surface area contributed by atoms with Gasteiger partial charge in [-0.25, -0.2) is 9.18 Å². The van der Waals surface area contributed by atoms with E-state index in [0.717, 1.165) is 11.3 Å². The predicted molar refractivity (Wildman–Crippen MR) is 88.8 cm³/mol. The Labute approximate surface area is 142 Å². The second-order valence-corrected chi connectivity index (χ2v) is 6.10. The minimum atomic E-state index is -0.981. The van der Waals surface area contributed by atoms with E-state index in [0.29, 0.717) is 10.6 Å². The van der Waals surface area contributed by atoms with Gasteiger partial charge >= 0.3 is 5.97 Å². The van der Waals surface area contributed by atoms with E-state index in [9.17, 15) is 18.8 Å². The van der Waals surface area contributed by atoms with E-state index in [1.165, 1.54) is 37.3 Å². The van der Waals surface area contributed by atoms with Crippen molar-refractivity contribution in [1.29, 1.82) is 0 Å². The SMILES string of the molecule is CCC(OC(=O)c1ccc(C(C)=O)s1)C(=O)Nc1ccc(F)cc1. The van der Waals surface area contributed by atoms with Crippen molar-refractivity contribution in [3.8, 4) is 0 Å².